The molecule has 2 rings (SSSR count). The summed E-state index contributed by atoms with van der Waals surface area (Å²) in [5, 5.41) is 10.2. The summed E-state index contributed by atoms with van der Waals surface area (Å²) in [7, 11) is 0. The standard InChI is InChI=1S/C13H17ClN2O2/c1-8-4-5-16(7-12(8)17)13(18)9-2-3-10(14)11(15)6-9/h2-3,6,8,12,17H,4-5,7,15H2,1H3. The van der Waals surface area contributed by atoms with Crippen LogP contribution in [0.15, 0.2) is 18.2 Å². The first kappa shape index (κ1) is 13.2. The molecule has 0 spiro atoms. The molecule has 0 bridgehead atoms. The Morgan fingerprint density at radius 2 is 2.28 bits per heavy atom. The number of piperidine rings is 1. The Balaban J connectivity index is 2.14. The average molecular weight is 269 g/mol. The minimum Gasteiger partial charge on any atom is -0.398 e. The number of nitrogen functional groups attached to an aromatic ring is 1. The Labute approximate surface area is 111 Å². The van der Waals surface area contributed by atoms with E-state index in [9.17, 15) is 9.90 Å². The lowest BCUT2D eigenvalue weighted by Gasteiger charge is -2.34. The van der Waals surface area contributed by atoms with Crippen molar-refractivity contribution < 1.29 is 9.90 Å². The molecule has 1 amide bonds. The first-order chi connectivity index (χ1) is 8.49. The summed E-state index contributed by atoms with van der Waals surface area (Å²) in [5.74, 6) is 0.133. The van der Waals surface area contributed by atoms with E-state index in [1.165, 1.54) is 0 Å². The van der Waals surface area contributed by atoms with E-state index in [0.29, 0.717) is 29.4 Å². The van der Waals surface area contributed by atoms with Crippen LogP contribution in [-0.4, -0.2) is 35.1 Å². The second-order valence-corrected chi connectivity index (χ2v) is 5.23. The number of rotatable bonds is 1. The molecule has 0 aliphatic carbocycles. The van der Waals surface area contributed by atoms with Gasteiger partial charge in [-0.2, -0.15) is 0 Å². The molecule has 1 heterocycles. The predicted octanol–water partition coefficient (Wildman–Crippen LogP) is 1.77. The number of aliphatic hydroxyl groups is 1. The van der Waals surface area contributed by atoms with Crippen LogP contribution in [0.2, 0.25) is 5.02 Å². The van der Waals surface area contributed by atoms with Crippen molar-refractivity contribution in [3.05, 3.63) is 28.8 Å². The lowest BCUT2D eigenvalue weighted by Crippen LogP contribution is -2.45. The Bertz CT molecular complexity index is 464. The lowest BCUT2D eigenvalue weighted by atomic mass is 9.95. The molecule has 1 aliphatic rings. The molecule has 2 unspecified atom stereocenters. The first-order valence-electron chi connectivity index (χ1n) is 6.01. The monoisotopic (exact) mass is 268 g/mol. The van der Waals surface area contributed by atoms with Gasteiger partial charge in [-0.15, -0.1) is 0 Å². The van der Waals surface area contributed by atoms with Crippen molar-refractivity contribution in [1.82, 2.24) is 4.90 Å². The minimum atomic E-state index is -0.452. The molecule has 1 aromatic rings. The van der Waals surface area contributed by atoms with Gasteiger partial charge in [0.1, 0.15) is 0 Å². The van der Waals surface area contributed by atoms with Crippen LogP contribution in [0.5, 0.6) is 0 Å². The molecule has 5 heteroatoms. The van der Waals surface area contributed by atoms with Gasteiger partial charge in [0, 0.05) is 18.7 Å². The lowest BCUT2D eigenvalue weighted by molar-refractivity contribution is 0.0249. The maximum absolute atomic E-state index is 12.2. The SMILES string of the molecule is CC1CCN(C(=O)c2ccc(Cl)c(N)c2)CC1O. The Hall–Kier alpha value is -1.26. The molecule has 1 aromatic carbocycles. The number of β-amino-alcohol motifs (C(OH)–C–C–N with tert-alkyl or cyclic N) is 1. The van der Waals surface area contributed by atoms with E-state index < -0.39 is 6.10 Å². The molecule has 1 fully saturated rings. The Morgan fingerprint density at radius 3 is 2.89 bits per heavy atom. The van der Waals surface area contributed by atoms with E-state index in [1.54, 1.807) is 23.1 Å². The van der Waals surface area contributed by atoms with Crippen LogP contribution in [0.3, 0.4) is 0 Å². The number of carbonyl (C=O) groups is 1. The van der Waals surface area contributed by atoms with Crippen molar-refractivity contribution in [3.8, 4) is 0 Å². The second-order valence-electron chi connectivity index (χ2n) is 4.82. The highest BCUT2D eigenvalue weighted by molar-refractivity contribution is 6.33. The maximum Gasteiger partial charge on any atom is 0.254 e. The zero-order valence-corrected chi connectivity index (χ0v) is 11.0. The van der Waals surface area contributed by atoms with E-state index in [1.807, 2.05) is 6.92 Å². The van der Waals surface area contributed by atoms with Gasteiger partial charge in [0.05, 0.1) is 16.8 Å². The third-order valence-corrected chi connectivity index (χ3v) is 3.79. The number of nitrogens with zero attached hydrogens (tertiary/aromatic N) is 1. The quantitative estimate of drug-likeness (QED) is 0.763. The van der Waals surface area contributed by atoms with Gasteiger partial charge in [-0.25, -0.2) is 0 Å². The molecule has 18 heavy (non-hydrogen) atoms. The topological polar surface area (TPSA) is 66.6 Å². The molecule has 0 radical (unpaired) electrons. The molecule has 0 saturated carbocycles. The van der Waals surface area contributed by atoms with Crippen LogP contribution in [0.1, 0.15) is 23.7 Å². The highest BCUT2D eigenvalue weighted by atomic mass is 35.5. The molecule has 2 atom stereocenters. The maximum atomic E-state index is 12.2. The summed E-state index contributed by atoms with van der Waals surface area (Å²) < 4.78 is 0. The molecular weight excluding hydrogens is 252 g/mol. The van der Waals surface area contributed by atoms with Gasteiger partial charge < -0.3 is 15.7 Å². The molecular formula is C13H17ClN2O2. The average Bonchev–Trinajstić information content (AvgIpc) is 2.35. The minimum absolute atomic E-state index is 0.107. The van der Waals surface area contributed by atoms with Crippen molar-refractivity contribution >= 4 is 23.2 Å². The number of halogens is 1. The largest absolute Gasteiger partial charge is 0.398 e. The van der Waals surface area contributed by atoms with Gasteiger partial charge >= 0.3 is 0 Å². The second kappa shape index (κ2) is 5.16. The van der Waals surface area contributed by atoms with Crippen LogP contribution < -0.4 is 5.73 Å². The third-order valence-electron chi connectivity index (χ3n) is 3.45. The van der Waals surface area contributed by atoms with Crippen LogP contribution in [0.25, 0.3) is 0 Å². The van der Waals surface area contributed by atoms with E-state index in [-0.39, 0.29) is 11.8 Å². The van der Waals surface area contributed by atoms with Crippen LogP contribution >= 0.6 is 11.6 Å². The predicted molar refractivity (Wildman–Crippen MR) is 71.6 cm³/mol. The first-order valence-corrected chi connectivity index (χ1v) is 6.39. The van der Waals surface area contributed by atoms with E-state index in [4.69, 9.17) is 17.3 Å². The number of hydrogen-bond donors (Lipinski definition) is 2. The van der Waals surface area contributed by atoms with Gasteiger partial charge in [-0.05, 0) is 30.5 Å². The van der Waals surface area contributed by atoms with Crippen molar-refractivity contribution in [2.75, 3.05) is 18.8 Å². The summed E-state index contributed by atoms with van der Waals surface area (Å²) in [6.07, 6.45) is 0.364. The molecule has 4 nitrogen and oxygen atoms in total. The number of anilines is 1. The Morgan fingerprint density at radius 1 is 1.56 bits per heavy atom. The number of aliphatic hydroxyl groups excluding tert-OH is 1. The molecule has 1 saturated heterocycles. The van der Waals surface area contributed by atoms with E-state index >= 15 is 0 Å². The zero-order valence-electron chi connectivity index (χ0n) is 10.3. The number of hydrogen-bond acceptors (Lipinski definition) is 3. The van der Waals surface area contributed by atoms with Crippen molar-refractivity contribution in [3.63, 3.8) is 0 Å². The van der Waals surface area contributed by atoms with Gasteiger partial charge in [0.2, 0.25) is 0 Å². The normalized spacial score (nSPS) is 24.1. The molecule has 98 valence electrons. The fraction of sp³-hybridized carbons (Fsp3) is 0.462. The fourth-order valence-corrected chi connectivity index (χ4v) is 2.21. The number of amides is 1. The highest BCUT2D eigenvalue weighted by Crippen LogP contribution is 2.23. The summed E-state index contributed by atoms with van der Waals surface area (Å²) in [6.45, 7) is 3.04. The third kappa shape index (κ3) is 2.60. The number of carbonyl (C=O) groups excluding carboxylic acids is 1. The summed E-state index contributed by atoms with van der Waals surface area (Å²) in [5.41, 5.74) is 6.59. The van der Waals surface area contributed by atoms with Gasteiger partial charge in [-0.3, -0.25) is 4.79 Å². The van der Waals surface area contributed by atoms with Crippen LogP contribution in [0, 0.1) is 5.92 Å². The Kier molecular flexibility index (Phi) is 3.78. The summed E-state index contributed by atoms with van der Waals surface area (Å²) in [6, 6.07) is 4.85. The summed E-state index contributed by atoms with van der Waals surface area (Å²) >= 11 is 5.82. The van der Waals surface area contributed by atoms with E-state index in [0.717, 1.165) is 6.42 Å². The number of likely N-dealkylation sites (tertiary alicyclic amines) is 1. The van der Waals surface area contributed by atoms with Crippen LogP contribution in [-0.2, 0) is 0 Å². The number of nitrogens with two attached hydrogens (primary N) is 1. The van der Waals surface area contributed by atoms with Crippen molar-refractivity contribution in [2.45, 2.75) is 19.4 Å². The molecule has 0 aromatic heterocycles. The van der Waals surface area contributed by atoms with Crippen molar-refractivity contribution in [2.24, 2.45) is 5.92 Å². The highest BCUT2D eigenvalue weighted by Gasteiger charge is 2.27. The zero-order chi connectivity index (χ0) is 13.3. The van der Waals surface area contributed by atoms with Gasteiger partial charge in [0.25, 0.3) is 5.91 Å². The van der Waals surface area contributed by atoms with Gasteiger partial charge in [0.15, 0.2) is 0 Å². The fourth-order valence-electron chi connectivity index (χ4n) is 2.09. The molecule has 1 aliphatic heterocycles. The van der Waals surface area contributed by atoms with Gasteiger partial charge in [-0.1, -0.05) is 18.5 Å². The smallest absolute Gasteiger partial charge is 0.254 e. The van der Waals surface area contributed by atoms with E-state index in [2.05, 4.69) is 0 Å². The molecule has 3 N–H and O–H groups in total. The summed E-state index contributed by atoms with van der Waals surface area (Å²) in [4.78, 5) is 13.9. The number of benzene rings is 1. The van der Waals surface area contributed by atoms with Crippen molar-refractivity contribution in [1.29, 1.82) is 0 Å². The van der Waals surface area contributed by atoms with Crippen LogP contribution in [0.4, 0.5) is 5.69 Å².